The first kappa shape index (κ1) is 21.9. The van der Waals surface area contributed by atoms with Crippen molar-refractivity contribution in [3.05, 3.63) is 82.5 Å². The number of benzene rings is 2. The predicted octanol–water partition coefficient (Wildman–Crippen LogP) is 4.55. The molecule has 4 rings (SSSR count). The average molecular weight is 438 g/mol. The van der Waals surface area contributed by atoms with Gasteiger partial charge in [-0.15, -0.1) is 0 Å². The normalized spacial score (nSPS) is 13.1. The minimum absolute atomic E-state index is 0.0605. The van der Waals surface area contributed by atoms with Crippen LogP contribution in [0.2, 0.25) is 0 Å². The van der Waals surface area contributed by atoms with Gasteiger partial charge in [0.15, 0.2) is 11.6 Å². The molecule has 32 heavy (non-hydrogen) atoms. The lowest BCUT2D eigenvalue weighted by Gasteiger charge is -2.15. The largest absolute Gasteiger partial charge is 0.492 e. The van der Waals surface area contributed by atoms with Crippen molar-refractivity contribution >= 4 is 5.91 Å². The molecule has 0 aliphatic heterocycles. The van der Waals surface area contributed by atoms with E-state index in [-0.39, 0.29) is 29.8 Å². The molecule has 0 bridgehead atoms. The second-order valence-corrected chi connectivity index (χ2v) is 7.99. The van der Waals surface area contributed by atoms with Gasteiger partial charge in [-0.2, -0.15) is 0 Å². The number of nitrogens with zero attached hydrogens (tertiary/aromatic N) is 1. The zero-order valence-corrected chi connectivity index (χ0v) is 17.7. The monoisotopic (exact) mass is 438 g/mol. The molecule has 1 heterocycles. The fourth-order valence-corrected chi connectivity index (χ4v) is 3.39. The smallest absolute Gasteiger partial charge is 0.255 e. The molecule has 1 aromatic heterocycles. The number of ether oxygens (including phenoxy) is 1. The van der Waals surface area contributed by atoms with E-state index in [1.54, 1.807) is 36.5 Å². The van der Waals surface area contributed by atoms with Crippen LogP contribution in [0.1, 0.15) is 39.9 Å². The quantitative estimate of drug-likeness (QED) is 0.542. The number of aliphatic hydroxyl groups is 1. The Balaban J connectivity index is 1.61. The highest BCUT2D eigenvalue weighted by Crippen LogP contribution is 2.32. The molecule has 1 saturated carbocycles. The number of aryl methyl sites for hydroxylation is 1. The van der Waals surface area contributed by atoms with Crippen molar-refractivity contribution in [1.82, 2.24) is 10.3 Å². The Hall–Kier alpha value is -3.32. The molecule has 0 radical (unpaired) electrons. The number of aromatic nitrogens is 1. The van der Waals surface area contributed by atoms with Gasteiger partial charge in [-0.25, -0.2) is 8.78 Å². The van der Waals surface area contributed by atoms with Crippen LogP contribution in [0, 0.1) is 24.5 Å². The van der Waals surface area contributed by atoms with Crippen LogP contribution in [0.5, 0.6) is 5.75 Å². The third kappa shape index (κ3) is 4.78. The van der Waals surface area contributed by atoms with E-state index in [1.165, 1.54) is 19.1 Å². The summed E-state index contributed by atoms with van der Waals surface area (Å²) in [5.74, 6) is -1.45. The minimum atomic E-state index is -0.967. The Kier molecular flexibility index (Phi) is 6.46. The third-order valence-electron chi connectivity index (χ3n) is 5.53. The van der Waals surface area contributed by atoms with Gasteiger partial charge in [-0.05, 0) is 55.5 Å². The van der Waals surface area contributed by atoms with Crippen molar-refractivity contribution in [2.45, 2.75) is 32.9 Å². The van der Waals surface area contributed by atoms with E-state index in [2.05, 4.69) is 10.3 Å². The molecule has 1 fully saturated rings. The number of pyridine rings is 1. The summed E-state index contributed by atoms with van der Waals surface area (Å²) in [6.45, 7) is 1.64. The highest BCUT2D eigenvalue weighted by Gasteiger charge is 2.24. The van der Waals surface area contributed by atoms with E-state index in [9.17, 15) is 18.7 Å². The number of halogens is 2. The molecular weight excluding hydrogens is 414 g/mol. The van der Waals surface area contributed by atoms with E-state index < -0.39 is 17.5 Å². The molecule has 1 aliphatic carbocycles. The van der Waals surface area contributed by atoms with Gasteiger partial charge in [0.1, 0.15) is 5.75 Å². The Morgan fingerprint density at radius 3 is 2.72 bits per heavy atom. The van der Waals surface area contributed by atoms with Gasteiger partial charge in [-0.3, -0.25) is 9.78 Å². The maximum absolute atomic E-state index is 14.2. The van der Waals surface area contributed by atoms with Gasteiger partial charge in [0.2, 0.25) is 0 Å². The summed E-state index contributed by atoms with van der Waals surface area (Å²) >= 11 is 0. The summed E-state index contributed by atoms with van der Waals surface area (Å²) in [6, 6.07) is 11.5. The molecule has 2 N–H and O–H groups in total. The number of hydrogen-bond acceptors (Lipinski definition) is 4. The van der Waals surface area contributed by atoms with Gasteiger partial charge in [-0.1, -0.05) is 18.2 Å². The first-order chi connectivity index (χ1) is 15.5. The van der Waals surface area contributed by atoms with Gasteiger partial charge < -0.3 is 15.2 Å². The van der Waals surface area contributed by atoms with Crippen molar-refractivity contribution in [3.63, 3.8) is 0 Å². The minimum Gasteiger partial charge on any atom is -0.492 e. The highest BCUT2D eigenvalue weighted by molar-refractivity contribution is 5.98. The van der Waals surface area contributed by atoms with E-state index in [4.69, 9.17) is 4.74 Å². The molecule has 0 atom stereocenters. The van der Waals surface area contributed by atoms with Crippen LogP contribution in [-0.2, 0) is 13.2 Å². The van der Waals surface area contributed by atoms with E-state index >= 15 is 0 Å². The lowest BCUT2D eigenvalue weighted by atomic mass is 10.0. The molecule has 0 saturated heterocycles. The van der Waals surface area contributed by atoms with E-state index in [0.717, 1.165) is 12.8 Å². The lowest BCUT2D eigenvalue weighted by Crippen LogP contribution is -2.24. The van der Waals surface area contributed by atoms with Crippen molar-refractivity contribution in [2.75, 3.05) is 6.61 Å². The van der Waals surface area contributed by atoms with E-state index in [0.29, 0.717) is 35.1 Å². The number of carbonyl (C=O) groups is 1. The molecule has 0 unspecified atom stereocenters. The zero-order valence-electron chi connectivity index (χ0n) is 17.7. The van der Waals surface area contributed by atoms with Crippen LogP contribution >= 0.6 is 0 Å². The number of carbonyl (C=O) groups excluding carboxylic acids is 1. The maximum Gasteiger partial charge on any atom is 0.255 e. The van der Waals surface area contributed by atoms with Crippen molar-refractivity contribution < 1.29 is 23.4 Å². The van der Waals surface area contributed by atoms with Crippen molar-refractivity contribution in [1.29, 1.82) is 0 Å². The predicted molar refractivity (Wildman–Crippen MR) is 116 cm³/mol. The molecule has 2 aromatic carbocycles. The Bertz CT molecular complexity index is 1150. The second kappa shape index (κ2) is 9.44. The topological polar surface area (TPSA) is 71.5 Å². The molecule has 3 aromatic rings. The molecule has 166 valence electrons. The summed E-state index contributed by atoms with van der Waals surface area (Å²) in [4.78, 5) is 17.4. The lowest BCUT2D eigenvalue weighted by molar-refractivity contribution is 0.0946. The fourth-order valence-electron chi connectivity index (χ4n) is 3.39. The van der Waals surface area contributed by atoms with Crippen LogP contribution in [0.4, 0.5) is 8.78 Å². The standard InChI is InChI=1S/C25H24F2N2O3/c1-15-4-7-18(23(27)22(15)26)12-29-25(31)20-11-17(24-19(13-30)3-2-10-28-24)8-9-21(20)32-14-16-5-6-16/h2-4,7-11,16,30H,5-6,12-14H2,1H3,(H,29,31). The van der Waals surface area contributed by atoms with Crippen LogP contribution < -0.4 is 10.1 Å². The van der Waals surface area contributed by atoms with Gasteiger partial charge in [0.25, 0.3) is 5.91 Å². The average Bonchev–Trinajstić information content (AvgIpc) is 3.65. The van der Waals surface area contributed by atoms with Crippen LogP contribution in [0.25, 0.3) is 11.3 Å². The van der Waals surface area contributed by atoms with E-state index in [1.807, 2.05) is 0 Å². The van der Waals surface area contributed by atoms with Crippen molar-refractivity contribution in [2.24, 2.45) is 5.92 Å². The number of nitrogens with one attached hydrogen (secondary N) is 1. The molecule has 7 heteroatoms. The Labute approximate surface area is 185 Å². The summed E-state index contributed by atoms with van der Waals surface area (Å²) in [7, 11) is 0. The van der Waals surface area contributed by atoms with Gasteiger partial charge in [0.05, 0.1) is 24.5 Å². The second-order valence-electron chi connectivity index (χ2n) is 7.99. The molecular formula is C25H24F2N2O3. The fraction of sp³-hybridized carbons (Fsp3) is 0.280. The van der Waals surface area contributed by atoms with Crippen molar-refractivity contribution in [3.8, 4) is 17.0 Å². The Morgan fingerprint density at radius 1 is 1.16 bits per heavy atom. The number of rotatable bonds is 8. The first-order valence-electron chi connectivity index (χ1n) is 10.5. The molecule has 1 amide bonds. The van der Waals surface area contributed by atoms with Crippen LogP contribution in [0.15, 0.2) is 48.7 Å². The Morgan fingerprint density at radius 2 is 1.97 bits per heavy atom. The molecule has 1 aliphatic rings. The van der Waals surface area contributed by atoms with Gasteiger partial charge >= 0.3 is 0 Å². The van der Waals surface area contributed by atoms with Crippen LogP contribution in [0.3, 0.4) is 0 Å². The number of amides is 1. The summed E-state index contributed by atoms with van der Waals surface area (Å²) < 4.78 is 33.9. The van der Waals surface area contributed by atoms with Gasteiger partial charge in [0, 0.05) is 29.4 Å². The molecule has 5 nitrogen and oxygen atoms in total. The van der Waals surface area contributed by atoms with Crippen LogP contribution in [-0.4, -0.2) is 22.6 Å². The number of hydrogen-bond donors (Lipinski definition) is 2. The summed E-state index contributed by atoms with van der Waals surface area (Å²) in [6.07, 6.45) is 3.82. The SMILES string of the molecule is Cc1ccc(CNC(=O)c2cc(-c3ncccc3CO)ccc2OCC2CC2)c(F)c1F. The summed E-state index contributed by atoms with van der Waals surface area (Å²) in [5.41, 5.74) is 2.37. The summed E-state index contributed by atoms with van der Waals surface area (Å²) in [5, 5.41) is 12.3. The first-order valence-corrected chi connectivity index (χ1v) is 10.5. The zero-order chi connectivity index (χ0) is 22.7. The number of aliphatic hydroxyl groups excluding tert-OH is 1. The highest BCUT2D eigenvalue weighted by atomic mass is 19.2. The third-order valence-corrected chi connectivity index (χ3v) is 5.53. The maximum atomic E-state index is 14.2. The molecule has 0 spiro atoms.